The molecular formula is C16H23F2N. The van der Waals surface area contributed by atoms with Crippen molar-refractivity contribution in [2.24, 2.45) is 17.1 Å². The van der Waals surface area contributed by atoms with E-state index in [1.165, 1.54) is 31.4 Å². The van der Waals surface area contributed by atoms with Gasteiger partial charge in [0.1, 0.15) is 11.6 Å². The van der Waals surface area contributed by atoms with Gasteiger partial charge in [-0.25, -0.2) is 8.78 Å². The van der Waals surface area contributed by atoms with Crippen molar-refractivity contribution in [3.63, 3.8) is 0 Å². The average molecular weight is 267 g/mol. The lowest BCUT2D eigenvalue weighted by Gasteiger charge is -2.42. The normalized spacial score (nSPS) is 24.2. The molecule has 1 nitrogen and oxygen atoms in total. The van der Waals surface area contributed by atoms with Crippen LogP contribution >= 0.6 is 0 Å². The Balaban J connectivity index is 2.09. The summed E-state index contributed by atoms with van der Waals surface area (Å²) in [6.45, 7) is 4.50. The van der Waals surface area contributed by atoms with Gasteiger partial charge >= 0.3 is 0 Å². The van der Waals surface area contributed by atoms with Crippen molar-refractivity contribution in [1.82, 2.24) is 0 Å². The number of nitrogens with two attached hydrogens (primary N) is 1. The predicted octanol–water partition coefficient (Wildman–Crippen LogP) is 4.05. The second-order valence-electron chi connectivity index (χ2n) is 6.44. The maximum absolute atomic E-state index is 13.7. The molecule has 0 heterocycles. The number of hydrogen-bond donors (Lipinski definition) is 1. The Kier molecular flexibility index (Phi) is 4.24. The van der Waals surface area contributed by atoms with E-state index in [1.807, 2.05) is 0 Å². The lowest BCUT2D eigenvalue weighted by atomic mass is 9.65. The predicted molar refractivity (Wildman–Crippen MR) is 73.8 cm³/mol. The zero-order chi connectivity index (χ0) is 14.0. The van der Waals surface area contributed by atoms with Crippen molar-refractivity contribution in [3.05, 3.63) is 35.4 Å². The summed E-state index contributed by atoms with van der Waals surface area (Å²) in [7, 11) is 0. The average Bonchev–Trinajstić information content (AvgIpc) is 2.32. The van der Waals surface area contributed by atoms with Gasteiger partial charge in [-0.2, -0.15) is 0 Å². The monoisotopic (exact) mass is 267 g/mol. The first-order chi connectivity index (χ1) is 8.90. The van der Waals surface area contributed by atoms with Crippen molar-refractivity contribution in [2.45, 2.75) is 52.0 Å². The summed E-state index contributed by atoms with van der Waals surface area (Å²) in [6, 6.07) is 3.70. The van der Waals surface area contributed by atoms with Gasteiger partial charge in [-0.3, -0.25) is 0 Å². The molecule has 0 aromatic heterocycles. The van der Waals surface area contributed by atoms with Gasteiger partial charge in [0.05, 0.1) is 0 Å². The van der Waals surface area contributed by atoms with Crippen molar-refractivity contribution in [3.8, 4) is 0 Å². The van der Waals surface area contributed by atoms with Crippen molar-refractivity contribution in [2.75, 3.05) is 0 Å². The Morgan fingerprint density at radius 3 is 2.68 bits per heavy atom. The highest BCUT2D eigenvalue weighted by atomic mass is 19.1. The molecular weight excluding hydrogens is 244 g/mol. The van der Waals surface area contributed by atoms with Crippen LogP contribution < -0.4 is 5.73 Å². The molecule has 1 saturated carbocycles. The second kappa shape index (κ2) is 5.58. The second-order valence-corrected chi connectivity index (χ2v) is 6.44. The zero-order valence-corrected chi connectivity index (χ0v) is 11.8. The van der Waals surface area contributed by atoms with E-state index in [4.69, 9.17) is 5.73 Å². The highest BCUT2D eigenvalue weighted by molar-refractivity contribution is 5.20. The number of halogens is 2. The minimum atomic E-state index is -0.534. The Morgan fingerprint density at radius 2 is 2.05 bits per heavy atom. The molecule has 2 unspecified atom stereocenters. The van der Waals surface area contributed by atoms with Gasteiger partial charge < -0.3 is 5.73 Å². The molecule has 2 rings (SSSR count). The van der Waals surface area contributed by atoms with Crippen LogP contribution in [0.1, 0.15) is 45.1 Å². The molecule has 0 bridgehead atoms. The summed E-state index contributed by atoms with van der Waals surface area (Å²) in [5.41, 5.74) is 7.04. The van der Waals surface area contributed by atoms with Crippen molar-refractivity contribution >= 4 is 0 Å². The Bertz CT molecular complexity index is 442. The van der Waals surface area contributed by atoms with E-state index in [9.17, 15) is 8.78 Å². The van der Waals surface area contributed by atoms with Gasteiger partial charge in [-0.1, -0.05) is 32.8 Å². The third-order valence-electron chi connectivity index (χ3n) is 4.58. The summed E-state index contributed by atoms with van der Waals surface area (Å²) < 4.78 is 26.6. The molecule has 1 aliphatic carbocycles. The summed E-state index contributed by atoms with van der Waals surface area (Å²) in [5.74, 6) is -0.609. The standard InChI is InChI=1S/C16H23F2N/c1-16(2)8-4-3-5-13(16)15(19)9-11-6-7-12(17)10-14(11)18/h6-7,10,13,15H,3-5,8-9,19H2,1-2H3. The van der Waals surface area contributed by atoms with E-state index >= 15 is 0 Å². The molecule has 1 aliphatic rings. The molecule has 0 spiro atoms. The van der Waals surface area contributed by atoms with E-state index in [2.05, 4.69) is 13.8 Å². The topological polar surface area (TPSA) is 26.0 Å². The molecule has 0 aliphatic heterocycles. The lowest BCUT2D eigenvalue weighted by molar-refractivity contribution is 0.112. The highest BCUT2D eigenvalue weighted by Crippen LogP contribution is 2.42. The third-order valence-corrected chi connectivity index (χ3v) is 4.58. The molecule has 3 heteroatoms. The van der Waals surface area contributed by atoms with Crippen molar-refractivity contribution in [1.29, 1.82) is 0 Å². The van der Waals surface area contributed by atoms with Crippen LogP contribution in [-0.2, 0) is 6.42 Å². The zero-order valence-electron chi connectivity index (χ0n) is 11.8. The Labute approximate surface area is 114 Å². The van der Waals surface area contributed by atoms with Crippen LogP contribution in [0.2, 0.25) is 0 Å². The largest absolute Gasteiger partial charge is 0.327 e. The first-order valence-electron chi connectivity index (χ1n) is 7.09. The molecule has 1 aromatic carbocycles. The molecule has 1 fully saturated rings. The maximum atomic E-state index is 13.7. The van der Waals surface area contributed by atoms with Gasteiger partial charge in [0.15, 0.2) is 0 Å². The number of hydrogen-bond acceptors (Lipinski definition) is 1. The van der Waals surface area contributed by atoms with Crippen LogP contribution in [0.5, 0.6) is 0 Å². The van der Waals surface area contributed by atoms with Crippen LogP contribution in [0, 0.1) is 23.0 Å². The molecule has 0 amide bonds. The molecule has 2 N–H and O–H groups in total. The smallest absolute Gasteiger partial charge is 0.129 e. The van der Waals surface area contributed by atoms with E-state index in [0.717, 1.165) is 12.5 Å². The van der Waals surface area contributed by atoms with E-state index in [-0.39, 0.29) is 11.5 Å². The van der Waals surface area contributed by atoms with E-state index in [0.29, 0.717) is 17.9 Å². The molecule has 19 heavy (non-hydrogen) atoms. The van der Waals surface area contributed by atoms with Crippen LogP contribution in [0.15, 0.2) is 18.2 Å². The van der Waals surface area contributed by atoms with Gasteiger partial charge in [0.25, 0.3) is 0 Å². The first-order valence-corrected chi connectivity index (χ1v) is 7.09. The van der Waals surface area contributed by atoms with Gasteiger partial charge in [-0.05, 0) is 42.2 Å². The van der Waals surface area contributed by atoms with Crippen LogP contribution in [0.3, 0.4) is 0 Å². The molecule has 2 atom stereocenters. The third kappa shape index (κ3) is 3.33. The number of rotatable bonds is 3. The van der Waals surface area contributed by atoms with E-state index < -0.39 is 11.6 Å². The first kappa shape index (κ1) is 14.4. The van der Waals surface area contributed by atoms with Crippen LogP contribution in [0.4, 0.5) is 8.78 Å². The van der Waals surface area contributed by atoms with Crippen molar-refractivity contribution < 1.29 is 8.78 Å². The van der Waals surface area contributed by atoms with Gasteiger partial charge in [-0.15, -0.1) is 0 Å². The molecule has 0 radical (unpaired) electrons. The van der Waals surface area contributed by atoms with Gasteiger partial charge in [0.2, 0.25) is 0 Å². The fraction of sp³-hybridized carbons (Fsp3) is 0.625. The fourth-order valence-corrected chi connectivity index (χ4v) is 3.40. The molecule has 106 valence electrons. The SMILES string of the molecule is CC1(C)CCCCC1C(N)Cc1ccc(F)cc1F. The summed E-state index contributed by atoms with van der Waals surface area (Å²) in [6.07, 6.45) is 5.23. The Morgan fingerprint density at radius 1 is 1.32 bits per heavy atom. The van der Waals surface area contributed by atoms with Crippen LogP contribution in [-0.4, -0.2) is 6.04 Å². The summed E-state index contributed by atoms with van der Waals surface area (Å²) >= 11 is 0. The summed E-state index contributed by atoms with van der Waals surface area (Å²) in [5, 5.41) is 0. The maximum Gasteiger partial charge on any atom is 0.129 e. The highest BCUT2D eigenvalue weighted by Gasteiger charge is 2.36. The van der Waals surface area contributed by atoms with Gasteiger partial charge in [0, 0.05) is 12.1 Å². The minimum Gasteiger partial charge on any atom is -0.327 e. The molecule has 1 aromatic rings. The minimum absolute atomic E-state index is 0.0599. The van der Waals surface area contributed by atoms with E-state index in [1.54, 1.807) is 0 Å². The lowest BCUT2D eigenvalue weighted by Crippen LogP contribution is -2.43. The number of benzene rings is 1. The fourth-order valence-electron chi connectivity index (χ4n) is 3.40. The molecule has 0 saturated heterocycles. The Hall–Kier alpha value is -0.960. The quantitative estimate of drug-likeness (QED) is 0.878. The summed E-state index contributed by atoms with van der Waals surface area (Å²) in [4.78, 5) is 0. The van der Waals surface area contributed by atoms with Crippen LogP contribution in [0.25, 0.3) is 0 Å².